The summed E-state index contributed by atoms with van der Waals surface area (Å²) in [7, 11) is 1.63. The zero-order valence-corrected chi connectivity index (χ0v) is 15.5. The Morgan fingerprint density at radius 2 is 1.93 bits per heavy atom. The number of alkyl halides is 3. The van der Waals surface area contributed by atoms with Gasteiger partial charge in [0.2, 0.25) is 0 Å². The Morgan fingerprint density at radius 1 is 1.25 bits per heavy atom. The lowest BCUT2D eigenvalue weighted by Gasteiger charge is -2.22. The van der Waals surface area contributed by atoms with Crippen molar-refractivity contribution in [2.45, 2.75) is 25.7 Å². The lowest BCUT2D eigenvalue weighted by molar-refractivity contribution is -0.153. The van der Waals surface area contributed by atoms with Crippen molar-refractivity contribution in [1.29, 1.82) is 5.26 Å². The van der Waals surface area contributed by atoms with Crippen LogP contribution in [0.15, 0.2) is 48.5 Å². The van der Waals surface area contributed by atoms with E-state index < -0.39 is 12.8 Å². The molecule has 148 valence electrons. The molecule has 0 aliphatic heterocycles. The zero-order valence-electron chi connectivity index (χ0n) is 15.5. The smallest absolute Gasteiger partial charge is 0.422 e. The van der Waals surface area contributed by atoms with Gasteiger partial charge >= 0.3 is 12.2 Å². The molecule has 0 bridgehead atoms. The Bertz CT molecular complexity index is 845. The van der Waals surface area contributed by atoms with Crippen molar-refractivity contribution in [2.24, 2.45) is 0 Å². The Kier molecular flexibility index (Phi) is 6.88. The molecule has 0 spiro atoms. The molecule has 0 aromatic heterocycles. The van der Waals surface area contributed by atoms with Crippen molar-refractivity contribution in [2.75, 3.05) is 13.7 Å². The van der Waals surface area contributed by atoms with Gasteiger partial charge < -0.3 is 15.0 Å². The second-order valence-electron chi connectivity index (χ2n) is 6.31. The van der Waals surface area contributed by atoms with Crippen LogP contribution in [-0.4, -0.2) is 30.8 Å². The van der Waals surface area contributed by atoms with Crippen molar-refractivity contribution in [1.82, 2.24) is 10.2 Å². The van der Waals surface area contributed by atoms with Gasteiger partial charge in [-0.2, -0.15) is 18.4 Å². The number of hydrogen-bond acceptors (Lipinski definition) is 3. The van der Waals surface area contributed by atoms with E-state index in [1.807, 2.05) is 6.07 Å². The third-order valence-electron chi connectivity index (χ3n) is 3.95. The van der Waals surface area contributed by atoms with E-state index in [4.69, 9.17) is 5.26 Å². The van der Waals surface area contributed by atoms with Crippen molar-refractivity contribution in [3.63, 3.8) is 0 Å². The molecule has 0 heterocycles. The van der Waals surface area contributed by atoms with Crippen LogP contribution in [-0.2, 0) is 6.54 Å². The van der Waals surface area contributed by atoms with Crippen LogP contribution in [0.3, 0.4) is 0 Å². The molecule has 0 aliphatic carbocycles. The normalized spacial score (nSPS) is 12.0. The Hall–Kier alpha value is -3.21. The number of benzene rings is 2. The monoisotopic (exact) mass is 391 g/mol. The largest absolute Gasteiger partial charge is 0.484 e. The van der Waals surface area contributed by atoms with E-state index >= 15 is 0 Å². The lowest BCUT2D eigenvalue weighted by atomic mass is 10.1. The highest BCUT2D eigenvalue weighted by molar-refractivity contribution is 5.74. The van der Waals surface area contributed by atoms with Gasteiger partial charge in [-0.3, -0.25) is 0 Å². The molecule has 2 rings (SSSR count). The van der Waals surface area contributed by atoms with Gasteiger partial charge in [-0.05, 0) is 42.3 Å². The molecule has 2 amide bonds. The quantitative estimate of drug-likeness (QED) is 0.794. The molecule has 0 radical (unpaired) electrons. The summed E-state index contributed by atoms with van der Waals surface area (Å²) in [5, 5.41) is 11.8. The van der Waals surface area contributed by atoms with E-state index in [0.29, 0.717) is 12.1 Å². The van der Waals surface area contributed by atoms with E-state index in [1.54, 1.807) is 44.3 Å². The van der Waals surface area contributed by atoms with Crippen LogP contribution in [0.2, 0.25) is 0 Å². The van der Waals surface area contributed by atoms with Gasteiger partial charge in [-0.25, -0.2) is 4.79 Å². The summed E-state index contributed by atoms with van der Waals surface area (Å²) >= 11 is 0. The fraction of sp³-hybridized carbons (Fsp3) is 0.300. The van der Waals surface area contributed by atoms with Gasteiger partial charge in [0, 0.05) is 13.6 Å². The standard InChI is InChI=1S/C20H20F3N3O2/c1-14(17-6-8-18(9-7-17)28-13-20(21,22)23)25-19(27)26(2)12-16-5-3-4-15(10-16)11-24/h3-10,14H,12-13H2,1-2H3,(H,25,27). The van der Waals surface area contributed by atoms with Crippen molar-refractivity contribution >= 4 is 6.03 Å². The van der Waals surface area contributed by atoms with E-state index in [0.717, 1.165) is 11.1 Å². The molecule has 1 atom stereocenters. The van der Waals surface area contributed by atoms with E-state index in [2.05, 4.69) is 16.1 Å². The number of nitriles is 1. The third-order valence-corrected chi connectivity index (χ3v) is 3.95. The van der Waals surface area contributed by atoms with Crippen LogP contribution in [0.25, 0.3) is 0 Å². The van der Waals surface area contributed by atoms with Crippen LogP contribution in [0, 0.1) is 11.3 Å². The number of carbonyl (C=O) groups excluding carboxylic acids is 1. The predicted octanol–water partition coefficient (Wildman–Crippen LogP) is 4.40. The number of hydrogen-bond donors (Lipinski definition) is 1. The summed E-state index contributed by atoms with van der Waals surface area (Å²) in [5.41, 5.74) is 2.08. The van der Waals surface area contributed by atoms with Crippen molar-refractivity contribution in [3.8, 4) is 11.8 Å². The van der Waals surface area contributed by atoms with Crippen LogP contribution in [0.5, 0.6) is 5.75 Å². The van der Waals surface area contributed by atoms with Gasteiger partial charge in [0.25, 0.3) is 0 Å². The summed E-state index contributed by atoms with van der Waals surface area (Å²) in [6.07, 6.45) is -4.39. The fourth-order valence-electron chi connectivity index (χ4n) is 2.48. The first-order valence-corrected chi connectivity index (χ1v) is 8.48. The van der Waals surface area contributed by atoms with E-state index in [9.17, 15) is 18.0 Å². The number of halogens is 3. The number of rotatable bonds is 6. The van der Waals surface area contributed by atoms with Crippen molar-refractivity contribution < 1.29 is 22.7 Å². The van der Waals surface area contributed by atoms with Gasteiger partial charge in [-0.1, -0.05) is 24.3 Å². The average Bonchev–Trinajstić information content (AvgIpc) is 2.66. The topological polar surface area (TPSA) is 65.4 Å². The van der Waals surface area contributed by atoms with Crippen molar-refractivity contribution in [3.05, 3.63) is 65.2 Å². The third kappa shape index (κ3) is 6.50. The second-order valence-corrected chi connectivity index (χ2v) is 6.31. The minimum Gasteiger partial charge on any atom is -0.484 e. The average molecular weight is 391 g/mol. The lowest BCUT2D eigenvalue weighted by Crippen LogP contribution is -2.38. The molecule has 2 aromatic carbocycles. The molecular formula is C20H20F3N3O2. The summed E-state index contributed by atoms with van der Waals surface area (Å²) in [4.78, 5) is 13.8. The molecule has 0 saturated heterocycles. The maximum atomic E-state index is 12.4. The molecule has 28 heavy (non-hydrogen) atoms. The summed E-state index contributed by atoms with van der Waals surface area (Å²) in [6, 6.07) is 14.4. The van der Waals surface area contributed by atoms with E-state index in [1.165, 1.54) is 17.0 Å². The SMILES string of the molecule is CC(NC(=O)N(C)Cc1cccc(C#N)c1)c1ccc(OCC(F)(F)F)cc1. The molecule has 1 unspecified atom stereocenters. The molecule has 5 nitrogen and oxygen atoms in total. The first-order chi connectivity index (χ1) is 13.2. The minimum absolute atomic E-state index is 0.106. The highest BCUT2D eigenvalue weighted by Gasteiger charge is 2.28. The van der Waals surface area contributed by atoms with Crippen LogP contribution in [0.1, 0.15) is 29.7 Å². The summed E-state index contributed by atoms with van der Waals surface area (Å²) < 4.78 is 41.2. The van der Waals surface area contributed by atoms with Gasteiger partial charge in [0.05, 0.1) is 17.7 Å². The molecule has 1 N–H and O–H groups in total. The van der Waals surface area contributed by atoms with Crippen LogP contribution in [0.4, 0.5) is 18.0 Å². The van der Waals surface area contributed by atoms with Crippen LogP contribution < -0.4 is 10.1 Å². The van der Waals surface area contributed by atoms with Crippen LogP contribution >= 0.6 is 0 Å². The Balaban J connectivity index is 1.91. The Labute approximate surface area is 161 Å². The molecule has 2 aromatic rings. The second kappa shape index (κ2) is 9.13. The number of nitrogens with zero attached hydrogens (tertiary/aromatic N) is 2. The highest BCUT2D eigenvalue weighted by atomic mass is 19.4. The fourth-order valence-corrected chi connectivity index (χ4v) is 2.48. The maximum Gasteiger partial charge on any atom is 0.422 e. The predicted molar refractivity (Wildman–Crippen MR) is 97.6 cm³/mol. The molecule has 0 fully saturated rings. The zero-order chi connectivity index (χ0) is 20.7. The van der Waals surface area contributed by atoms with Gasteiger partial charge in [0.1, 0.15) is 5.75 Å². The van der Waals surface area contributed by atoms with Gasteiger partial charge in [-0.15, -0.1) is 0 Å². The number of carbonyl (C=O) groups is 1. The number of ether oxygens (including phenoxy) is 1. The number of nitrogens with one attached hydrogen (secondary N) is 1. The highest BCUT2D eigenvalue weighted by Crippen LogP contribution is 2.21. The molecule has 0 saturated carbocycles. The van der Waals surface area contributed by atoms with E-state index in [-0.39, 0.29) is 17.8 Å². The number of amides is 2. The Morgan fingerprint density at radius 3 is 2.54 bits per heavy atom. The minimum atomic E-state index is -4.39. The first-order valence-electron chi connectivity index (χ1n) is 8.48. The summed E-state index contributed by atoms with van der Waals surface area (Å²) in [5.74, 6) is 0.106. The molecule has 0 aliphatic rings. The molecular weight excluding hydrogens is 371 g/mol. The number of urea groups is 1. The first kappa shape index (κ1) is 21.1. The maximum absolute atomic E-state index is 12.4. The molecule has 8 heteroatoms. The van der Waals surface area contributed by atoms with Gasteiger partial charge in [0.15, 0.2) is 6.61 Å². The summed E-state index contributed by atoms with van der Waals surface area (Å²) in [6.45, 7) is 0.752.